The fraction of sp³-hybridized carbons (Fsp3) is 0.500. The van der Waals surface area contributed by atoms with Crippen molar-refractivity contribution in [2.75, 3.05) is 33.2 Å². The largest absolute Gasteiger partial charge is 0.459 e. The molecule has 2 aromatic rings. The first-order valence-electron chi connectivity index (χ1n) is 11.8. The molecule has 0 N–H and O–H groups in total. The van der Waals surface area contributed by atoms with Gasteiger partial charge in [-0.1, -0.05) is 35.9 Å². The van der Waals surface area contributed by atoms with Crippen molar-refractivity contribution < 1.29 is 9.53 Å². The molecule has 3 rings (SSSR count). The van der Waals surface area contributed by atoms with Crippen LogP contribution in [0.4, 0.5) is 5.69 Å². The normalized spacial score (nSPS) is 15.4. The van der Waals surface area contributed by atoms with Crippen molar-refractivity contribution in [3.8, 4) is 11.1 Å². The predicted molar refractivity (Wildman–Crippen MR) is 134 cm³/mol. The minimum Gasteiger partial charge on any atom is -0.459 e. The van der Waals surface area contributed by atoms with E-state index in [1.807, 2.05) is 45.0 Å². The molecule has 0 radical (unpaired) electrons. The number of likely N-dealkylation sites (tertiary alicyclic amines) is 1. The van der Waals surface area contributed by atoms with Gasteiger partial charge in [-0.25, -0.2) is 4.85 Å². The van der Waals surface area contributed by atoms with E-state index in [2.05, 4.69) is 46.8 Å². The van der Waals surface area contributed by atoms with Gasteiger partial charge in [-0.2, -0.15) is 0 Å². The molecule has 1 heterocycles. The summed E-state index contributed by atoms with van der Waals surface area (Å²) in [5.74, 6) is 0.413. The Morgan fingerprint density at radius 3 is 2.55 bits per heavy atom. The highest BCUT2D eigenvalue weighted by molar-refractivity contribution is 5.72. The standard InChI is InChI=1S/C28H37N3O2/c1-21-14-23(16-25(15-21)24-8-7-9-26(17-24)29-5)19-31(20-27(32)33-28(2,3)4)18-22-10-12-30(6)13-11-22/h7-9,14-17,22H,10-13,18-20H2,1-4,6H3. The van der Waals surface area contributed by atoms with Gasteiger partial charge in [0.05, 0.1) is 13.1 Å². The van der Waals surface area contributed by atoms with E-state index in [-0.39, 0.29) is 5.97 Å². The minimum atomic E-state index is -0.485. The topological polar surface area (TPSA) is 37.1 Å². The third-order valence-corrected chi connectivity index (χ3v) is 5.98. The average Bonchev–Trinajstić information content (AvgIpc) is 2.73. The zero-order valence-corrected chi connectivity index (χ0v) is 20.7. The van der Waals surface area contributed by atoms with Crippen molar-refractivity contribution in [2.45, 2.75) is 52.7 Å². The van der Waals surface area contributed by atoms with Crippen LogP contribution in [0.3, 0.4) is 0 Å². The highest BCUT2D eigenvalue weighted by Crippen LogP contribution is 2.27. The van der Waals surface area contributed by atoms with Crippen molar-refractivity contribution in [1.82, 2.24) is 9.80 Å². The van der Waals surface area contributed by atoms with Gasteiger partial charge >= 0.3 is 5.97 Å². The lowest BCUT2D eigenvalue weighted by atomic mass is 9.95. The maximum Gasteiger partial charge on any atom is 0.320 e. The number of rotatable bonds is 7. The first kappa shape index (κ1) is 25.0. The smallest absolute Gasteiger partial charge is 0.320 e. The van der Waals surface area contributed by atoms with Crippen LogP contribution in [0.1, 0.15) is 44.7 Å². The summed E-state index contributed by atoms with van der Waals surface area (Å²) in [7, 11) is 2.17. The monoisotopic (exact) mass is 447 g/mol. The molecule has 0 spiro atoms. The van der Waals surface area contributed by atoms with Gasteiger partial charge in [0.1, 0.15) is 5.60 Å². The molecule has 0 aromatic heterocycles. The Labute approximate surface area is 199 Å². The number of hydrogen-bond acceptors (Lipinski definition) is 4. The van der Waals surface area contributed by atoms with Gasteiger partial charge in [-0.3, -0.25) is 9.69 Å². The molecule has 1 saturated heterocycles. The second kappa shape index (κ2) is 11.0. The number of esters is 1. The van der Waals surface area contributed by atoms with Crippen LogP contribution in [-0.4, -0.2) is 54.6 Å². The van der Waals surface area contributed by atoms with Gasteiger partial charge in [0.2, 0.25) is 0 Å². The lowest BCUT2D eigenvalue weighted by molar-refractivity contribution is -0.156. The number of aryl methyl sites for hydroxylation is 1. The van der Waals surface area contributed by atoms with Crippen molar-refractivity contribution in [3.05, 3.63) is 65.0 Å². The van der Waals surface area contributed by atoms with E-state index in [4.69, 9.17) is 11.3 Å². The highest BCUT2D eigenvalue weighted by atomic mass is 16.6. The first-order chi connectivity index (χ1) is 15.6. The molecule has 5 nitrogen and oxygen atoms in total. The fourth-order valence-electron chi connectivity index (χ4n) is 4.48. The van der Waals surface area contributed by atoms with Crippen LogP contribution in [-0.2, 0) is 16.1 Å². The molecule has 5 heteroatoms. The minimum absolute atomic E-state index is 0.173. The molecule has 0 amide bonds. The molecule has 1 fully saturated rings. The zero-order valence-electron chi connectivity index (χ0n) is 20.7. The van der Waals surface area contributed by atoms with Gasteiger partial charge in [-0.05, 0) is 95.4 Å². The number of ether oxygens (including phenoxy) is 1. The van der Waals surface area contributed by atoms with Crippen LogP contribution in [0.2, 0.25) is 0 Å². The van der Waals surface area contributed by atoms with Gasteiger partial charge in [0.25, 0.3) is 0 Å². The molecular weight excluding hydrogens is 410 g/mol. The van der Waals surface area contributed by atoms with Gasteiger partial charge in [-0.15, -0.1) is 0 Å². The average molecular weight is 448 g/mol. The van der Waals surface area contributed by atoms with Crippen LogP contribution in [0.25, 0.3) is 16.0 Å². The summed E-state index contributed by atoms with van der Waals surface area (Å²) in [6.07, 6.45) is 2.31. The zero-order chi connectivity index (χ0) is 24.0. The summed E-state index contributed by atoms with van der Waals surface area (Å²) in [6.45, 7) is 19.2. The van der Waals surface area contributed by atoms with Crippen molar-refractivity contribution in [2.24, 2.45) is 5.92 Å². The third-order valence-electron chi connectivity index (χ3n) is 5.98. The summed E-state index contributed by atoms with van der Waals surface area (Å²) in [5.41, 5.74) is 4.65. The first-order valence-corrected chi connectivity index (χ1v) is 11.8. The van der Waals surface area contributed by atoms with E-state index < -0.39 is 5.60 Å². The van der Waals surface area contributed by atoms with Crippen LogP contribution in [0.5, 0.6) is 0 Å². The Balaban J connectivity index is 1.80. The summed E-state index contributed by atoms with van der Waals surface area (Å²) < 4.78 is 5.64. The summed E-state index contributed by atoms with van der Waals surface area (Å²) in [5, 5.41) is 0. The number of nitrogens with zero attached hydrogens (tertiary/aromatic N) is 3. The van der Waals surface area contributed by atoms with Crippen LogP contribution >= 0.6 is 0 Å². The highest BCUT2D eigenvalue weighted by Gasteiger charge is 2.24. The number of hydrogen-bond donors (Lipinski definition) is 0. The van der Waals surface area contributed by atoms with Crippen molar-refractivity contribution in [3.63, 3.8) is 0 Å². The molecule has 2 aromatic carbocycles. The molecule has 1 aliphatic heterocycles. The molecule has 0 unspecified atom stereocenters. The number of benzene rings is 2. The van der Waals surface area contributed by atoms with Crippen molar-refractivity contribution in [1.29, 1.82) is 0 Å². The molecule has 0 bridgehead atoms. The maximum absolute atomic E-state index is 12.7. The Bertz CT molecular complexity index is 995. The van der Waals surface area contributed by atoms with E-state index in [1.54, 1.807) is 0 Å². The lowest BCUT2D eigenvalue weighted by Crippen LogP contribution is -2.40. The third kappa shape index (κ3) is 7.99. The van der Waals surface area contributed by atoms with Crippen LogP contribution < -0.4 is 0 Å². The predicted octanol–water partition coefficient (Wildman–Crippen LogP) is 5.70. The van der Waals surface area contributed by atoms with Gasteiger partial charge in [0, 0.05) is 13.1 Å². The fourth-order valence-corrected chi connectivity index (χ4v) is 4.48. The molecule has 0 atom stereocenters. The molecule has 33 heavy (non-hydrogen) atoms. The van der Waals surface area contributed by atoms with E-state index >= 15 is 0 Å². The quantitative estimate of drug-likeness (QED) is 0.403. The Hall–Kier alpha value is -2.68. The Morgan fingerprint density at radius 2 is 1.88 bits per heavy atom. The van der Waals surface area contributed by atoms with Crippen LogP contribution in [0.15, 0.2) is 42.5 Å². The molecule has 1 aliphatic rings. The Morgan fingerprint density at radius 1 is 1.15 bits per heavy atom. The lowest BCUT2D eigenvalue weighted by Gasteiger charge is -2.33. The number of carbonyl (C=O) groups excluding carboxylic acids is 1. The molecule has 0 aliphatic carbocycles. The maximum atomic E-state index is 12.7. The Kier molecular flexibility index (Phi) is 8.29. The van der Waals surface area contributed by atoms with Gasteiger partial charge in [0.15, 0.2) is 5.69 Å². The summed E-state index contributed by atoms with van der Waals surface area (Å²) in [6, 6.07) is 14.3. The number of piperidine rings is 1. The van der Waals surface area contributed by atoms with E-state index in [9.17, 15) is 4.79 Å². The molecule has 0 saturated carbocycles. The summed E-state index contributed by atoms with van der Waals surface area (Å²) >= 11 is 0. The summed E-state index contributed by atoms with van der Waals surface area (Å²) in [4.78, 5) is 20.9. The van der Waals surface area contributed by atoms with E-state index in [0.29, 0.717) is 24.7 Å². The van der Waals surface area contributed by atoms with Crippen molar-refractivity contribution >= 4 is 11.7 Å². The second-order valence-electron chi connectivity index (χ2n) is 10.4. The molecule has 176 valence electrons. The second-order valence-corrected chi connectivity index (χ2v) is 10.4. The van der Waals surface area contributed by atoms with Crippen LogP contribution in [0, 0.1) is 19.4 Å². The molecular formula is C28H37N3O2. The number of carbonyl (C=O) groups is 1. The van der Waals surface area contributed by atoms with E-state index in [0.717, 1.165) is 43.6 Å². The van der Waals surface area contributed by atoms with E-state index in [1.165, 1.54) is 11.1 Å². The SMILES string of the molecule is [C-]#[N+]c1cccc(-c2cc(C)cc(CN(CC(=O)OC(C)(C)C)CC3CCN(C)CC3)c2)c1. The van der Waals surface area contributed by atoms with Gasteiger partial charge < -0.3 is 9.64 Å².